The third-order valence-corrected chi connectivity index (χ3v) is 25.2. The van der Waals surface area contributed by atoms with Crippen molar-refractivity contribution in [1.29, 1.82) is 0 Å². The fourth-order valence-corrected chi connectivity index (χ4v) is 19.7. The molecule has 20 heteroatoms. The van der Waals surface area contributed by atoms with Crippen molar-refractivity contribution in [3.8, 4) is 0 Å². The number of rotatable bonds is 22. The van der Waals surface area contributed by atoms with E-state index in [1.54, 1.807) is 109 Å². The lowest BCUT2D eigenvalue weighted by atomic mass is 10.1. The molecular formula is C61H69N5O10S5. The van der Waals surface area contributed by atoms with Gasteiger partial charge in [0.15, 0.2) is 0 Å². The second-order valence-corrected chi connectivity index (χ2v) is 30.6. The van der Waals surface area contributed by atoms with E-state index >= 15 is 25.3 Å². The highest BCUT2D eigenvalue weighted by molar-refractivity contribution is 7.90. The summed E-state index contributed by atoms with van der Waals surface area (Å²) in [5.41, 5.74) is 4.24. The highest BCUT2D eigenvalue weighted by Gasteiger charge is 2.49. The average Bonchev–Trinajstić information content (AvgIpc) is 4.50. The summed E-state index contributed by atoms with van der Waals surface area (Å²) in [4.78, 5) is 0.138. The molecule has 0 radical (unpaired) electrons. The summed E-state index contributed by atoms with van der Waals surface area (Å²) in [6.45, 7) is 16.8. The molecule has 0 amide bonds. The normalized spacial score (nSPS) is 23.2. The molecule has 0 spiro atoms. The van der Waals surface area contributed by atoms with Gasteiger partial charge in [-0.2, -0.15) is 21.5 Å². The predicted octanol–water partition coefficient (Wildman–Crippen LogP) is 9.14. The Morgan fingerprint density at radius 3 is 0.679 bits per heavy atom. The predicted molar refractivity (Wildman–Crippen MR) is 316 cm³/mol. The zero-order valence-corrected chi connectivity index (χ0v) is 50.0. The van der Waals surface area contributed by atoms with Crippen LogP contribution in [-0.4, -0.2) is 125 Å². The fourth-order valence-electron chi connectivity index (χ4n) is 11.3. The molecule has 0 aromatic heterocycles. The van der Waals surface area contributed by atoms with Gasteiger partial charge in [-0.3, -0.25) is 0 Å². The molecule has 8 atom stereocenters. The molecule has 4 aliphatic carbocycles. The molecule has 0 heterocycles. The number of aryl methyl sites for hydroxylation is 5. The molecule has 15 nitrogen and oxygen atoms in total. The summed E-state index contributed by atoms with van der Waals surface area (Å²) in [5.74, 6) is 0. The van der Waals surface area contributed by atoms with Crippen molar-refractivity contribution in [3.63, 3.8) is 0 Å². The van der Waals surface area contributed by atoms with Gasteiger partial charge >= 0.3 is 0 Å². The molecule has 0 N–H and O–H groups in total. The first-order valence-corrected chi connectivity index (χ1v) is 34.0. The van der Waals surface area contributed by atoms with E-state index in [9.17, 15) is 16.8 Å². The van der Waals surface area contributed by atoms with Crippen molar-refractivity contribution < 1.29 is 42.1 Å². The number of benzene rings is 5. The first-order valence-electron chi connectivity index (χ1n) is 26.8. The number of hydrogen-bond acceptors (Lipinski definition) is 10. The van der Waals surface area contributed by atoms with Crippen LogP contribution in [0.2, 0.25) is 0 Å². The summed E-state index contributed by atoms with van der Waals surface area (Å²) >= 11 is 0. The summed E-state index contributed by atoms with van der Waals surface area (Å²) in [7, 11) is -21.4. The van der Waals surface area contributed by atoms with E-state index in [1.165, 1.54) is 94.3 Å². The van der Waals surface area contributed by atoms with E-state index in [2.05, 4.69) is 13.2 Å². The van der Waals surface area contributed by atoms with Crippen LogP contribution in [0.15, 0.2) is 220 Å². The lowest BCUT2D eigenvalue weighted by Crippen LogP contribution is -2.50. The zero-order chi connectivity index (χ0) is 58.2. The van der Waals surface area contributed by atoms with E-state index < -0.39 is 98.5 Å². The van der Waals surface area contributed by atoms with Crippen LogP contribution in [0, 0.1) is 34.6 Å². The Balaban J connectivity index is 1.06. The van der Waals surface area contributed by atoms with Crippen molar-refractivity contribution in [2.75, 3.05) is 13.1 Å². The second-order valence-electron chi connectivity index (χ2n) is 21.3. The maximum Gasteiger partial charge on any atom is 0.244 e. The van der Waals surface area contributed by atoms with Gasteiger partial charge in [0.1, 0.15) is 0 Å². The molecule has 0 bridgehead atoms. The topological polar surface area (TPSA) is 187 Å². The van der Waals surface area contributed by atoms with Crippen molar-refractivity contribution >= 4 is 50.1 Å². The monoisotopic (exact) mass is 1190 g/mol. The molecule has 5 aromatic carbocycles. The van der Waals surface area contributed by atoms with Crippen LogP contribution < -0.4 is 0 Å². The second kappa shape index (κ2) is 23.8. The Morgan fingerprint density at radius 2 is 0.481 bits per heavy atom. The van der Waals surface area contributed by atoms with E-state index in [1.807, 2.05) is 34.6 Å². The van der Waals surface area contributed by atoms with E-state index in [0.29, 0.717) is 0 Å². The van der Waals surface area contributed by atoms with Crippen LogP contribution in [-0.2, 0) is 50.1 Å². The molecule has 5 aromatic rings. The highest BCUT2D eigenvalue weighted by Crippen LogP contribution is 2.41. The zero-order valence-electron chi connectivity index (χ0n) is 46.0. The van der Waals surface area contributed by atoms with Crippen LogP contribution in [0.25, 0.3) is 0 Å². The molecular weight excluding hydrogens is 1120 g/mol. The molecule has 8 unspecified atom stereocenters. The smallest absolute Gasteiger partial charge is 0.207 e. The van der Waals surface area contributed by atoms with Gasteiger partial charge in [0, 0.05) is 61.4 Å². The van der Waals surface area contributed by atoms with Gasteiger partial charge in [0.05, 0.1) is 24.5 Å². The Hall–Kier alpha value is -5.91. The van der Waals surface area contributed by atoms with E-state index in [-0.39, 0.29) is 63.3 Å². The molecule has 0 saturated heterocycles. The summed E-state index contributed by atoms with van der Waals surface area (Å²) in [6.07, 6.45) is 16.5. The van der Waals surface area contributed by atoms with Crippen LogP contribution in [0.4, 0.5) is 0 Å². The molecule has 4 aliphatic rings. The van der Waals surface area contributed by atoms with Crippen LogP contribution in [0.1, 0.15) is 53.5 Å². The van der Waals surface area contributed by atoms with Crippen LogP contribution in [0.3, 0.4) is 0 Å². The van der Waals surface area contributed by atoms with Gasteiger partial charge in [-0.15, -0.1) is 13.2 Å². The Bertz CT molecular complexity index is 3630. The SMILES string of the molecule is C=CCN(C1C=CC(N(C2C=CC(N(C3C=CC(N(C4C=CC(N(CC=C)S(=O)(=O)c5ccc(C)cc5)C4)S(=O)(=O)c4ccc(C)cc4)C3)S(=O)(=O)c3ccc(C)cc3)C2)S(=O)(=O)c2ccc(C)cc2)C1)S(=O)(=O)c1ccc(C)cc1. The Labute approximate surface area is 479 Å². The minimum atomic E-state index is -4.45. The first-order chi connectivity index (χ1) is 38.4. The van der Waals surface area contributed by atoms with E-state index in [0.717, 1.165) is 27.8 Å². The summed E-state index contributed by atoms with van der Waals surface area (Å²) in [6, 6.07) is 25.1. The van der Waals surface area contributed by atoms with Gasteiger partial charge in [0.25, 0.3) is 0 Å². The molecule has 428 valence electrons. The number of hydrogen-bond donors (Lipinski definition) is 0. The van der Waals surface area contributed by atoms with Crippen molar-refractivity contribution in [2.24, 2.45) is 0 Å². The fraction of sp³-hybridized carbons (Fsp3) is 0.311. The lowest BCUT2D eigenvalue weighted by molar-refractivity contribution is 0.229. The molecule has 0 saturated carbocycles. The van der Waals surface area contributed by atoms with Crippen molar-refractivity contribution in [3.05, 3.63) is 223 Å². The summed E-state index contributed by atoms with van der Waals surface area (Å²) in [5, 5.41) is 0. The Kier molecular flexibility index (Phi) is 17.5. The molecule has 9 rings (SSSR count). The van der Waals surface area contributed by atoms with Gasteiger partial charge in [0.2, 0.25) is 50.1 Å². The Morgan fingerprint density at radius 1 is 0.309 bits per heavy atom. The quantitative estimate of drug-likeness (QED) is 0.0605. The standard InChI is InChI=1S/C61H69N5O10S5/c1-8-38-62(77(67,68)57-28-10-44(3)11-29-57)49-20-22-51(40-49)64(79(71,72)59-32-14-46(5)15-33-59)53-24-26-55(42-53)66(81(75,76)61-36-18-48(7)19-37-61)56-27-25-54(43-56)65(80(73,74)60-34-16-47(6)17-35-60)52-23-21-50(41-52)63(39-9-2)78(69,70)58-30-12-45(4)13-31-58/h8-37,49-56H,1-2,38-43H2,3-7H3. The minimum Gasteiger partial charge on any atom is -0.207 e. The molecule has 0 fully saturated rings. The van der Waals surface area contributed by atoms with Gasteiger partial charge in [-0.1, -0.05) is 149 Å². The first kappa shape index (κ1) is 59.7. The van der Waals surface area contributed by atoms with Crippen molar-refractivity contribution in [2.45, 2.75) is 133 Å². The maximum absolute atomic E-state index is 15.4. The largest absolute Gasteiger partial charge is 0.244 e. The van der Waals surface area contributed by atoms with Crippen LogP contribution in [0.5, 0.6) is 0 Å². The number of sulfonamides is 5. The average molecular weight is 1190 g/mol. The number of nitrogens with zero attached hydrogens (tertiary/aromatic N) is 5. The van der Waals surface area contributed by atoms with Gasteiger partial charge < -0.3 is 0 Å². The molecule has 81 heavy (non-hydrogen) atoms. The van der Waals surface area contributed by atoms with Gasteiger partial charge in [-0.05, 0) is 121 Å². The summed E-state index contributed by atoms with van der Waals surface area (Å²) < 4.78 is 156. The molecule has 0 aliphatic heterocycles. The maximum atomic E-state index is 15.4. The van der Waals surface area contributed by atoms with Gasteiger partial charge in [-0.25, -0.2) is 42.1 Å². The van der Waals surface area contributed by atoms with Crippen molar-refractivity contribution in [1.82, 2.24) is 21.5 Å². The van der Waals surface area contributed by atoms with E-state index in [4.69, 9.17) is 0 Å². The highest BCUT2D eigenvalue weighted by atomic mass is 32.2. The third kappa shape index (κ3) is 12.1. The van der Waals surface area contributed by atoms with Crippen LogP contribution >= 0.6 is 0 Å². The lowest BCUT2D eigenvalue weighted by Gasteiger charge is -2.37. The minimum absolute atomic E-state index is 0.00108. The third-order valence-electron chi connectivity index (χ3n) is 15.5.